The van der Waals surface area contributed by atoms with Crippen molar-refractivity contribution in [2.75, 3.05) is 5.32 Å². The van der Waals surface area contributed by atoms with Crippen molar-refractivity contribution in [1.29, 1.82) is 0 Å². The van der Waals surface area contributed by atoms with Gasteiger partial charge in [-0.05, 0) is 54.1 Å². The zero-order chi connectivity index (χ0) is 22.9. The van der Waals surface area contributed by atoms with Crippen LogP contribution in [0.15, 0.2) is 78.9 Å². The van der Waals surface area contributed by atoms with Gasteiger partial charge in [-0.1, -0.05) is 30.3 Å². The first kappa shape index (κ1) is 22.6. The summed E-state index contributed by atoms with van der Waals surface area (Å²) in [6.07, 6.45) is 2.60. The second kappa shape index (κ2) is 10.8. The maximum atomic E-state index is 13.0. The quantitative estimate of drug-likeness (QED) is 0.484. The average molecular weight is 440 g/mol. The molecule has 0 bridgehead atoms. The van der Waals surface area contributed by atoms with E-state index in [-0.39, 0.29) is 18.2 Å². The number of carbonyl (C=O) groups is 2. The van der Waals surface area contributed by atoms with Gasteiger partial charge in [-0.25, -0.2) is 4.39 Å². The molecule has 2 N–H and O–H groups in total. The second-order valence-electron chi connectivity index (χ2n) is 6.63. The number of nitrogens with one attached hydrogen (secondary N) is 2. The molecule has 3 rings (SSSR count). The lowest BCUT2D eigenvalue weighted by Gasteiger charge is -2.09. The first-order valence-electron chi connectivity index (χ1n) is 9.56. The number of benzene rings is 3. The van der Waals surface area contributed by atoms with Gasteiger partial charge in [-0.15, -0.1) is 0 Å². The molecular weight excluding hydrogens is 421 g/mol. The van der Waals surface area contributed by atoms with Crippen molar-refractivity contribution in [3.63, 3.8) is 0 Å². The van der Waals surface area contributed by atoms with Crippen molar-refractivity contribution in [1.82, 2.24) is 5.32 Å². The Morgan fingerprint density at radius 3 is 2.47 bits per heavy atom. The maximum absolute atomic E-state index is 13.0. The third-order valence-corrected chi connectivity index (χ3v) is 4.31. The predicted molar refractivity (Wildman–Crippen MR) is 115 cm³/mol. The number of alkyl halides is 2. The van der Waals surface area contributed by atoms with E-state index >= 15 is 0 Å². The third-order valence-electron chi connectivity index (χ3n) is 4.31. The lowest BCUT2D eigenvalue weighted by atomic mass is 10.1. The molecule has 8 heteroatoms. The molecule has 0 aliphatic rings. The molecule has 0 aromatic heterocycles. The SMILES string of the molecule is O=C(/C=C/c1ccccc1OC(F)F)NCc1cccc(NC(=O)c2ccc(F)cc2)c1. The van der Waals surface area contributed by atoms with E-state index in [1.165, 1.54) is 42.5 Å². The molecule has 0 heterocycles. The molecule has 5 nitrogen and oxygen atoms in total. The maximum Gasteiger partial charge on any atom is 0.387 e. The van der Waals surface area contributed by atoms with Crippen LogP contribution in [0.4, 0.5) is 18.9 Å². The molecule has 164 valence electrons. The normalized spacial score (nSPS) is 10.9. The summed E-state index contributed by atoms with van der Waals surface area (Å²) in [6.45, 7) is -2.78. The first-order chi connectivity index (χ1) is 15.4. The monoisotopic (exact) mass is 440 g/mol. The van der Waals surface area contributed by atoms with Crippen LogP contribution >= 0.6 is 0 Å². The Labute approximate surface area is 182 Å². The topological polar surface area (TPSA) is 67.4 Å². The summed E-state index contributed by atoms with van der Waals surface area (Å²) in [6, 6.07) is 18.2. The van der Waals surface area contributed by atoms with Crippen LogP contribution in [0.2, 0.25) is 0 Å². The number of amides is 2. The number of para-hydroxylation sites is 1. The fourth-order valence-electron chi connectivity index (χ4n) is 2.80. The van der Waals surface area contributed by atoms with Gasteiger partial charge < -0.3 is 15.4 Å². The van der Waals surface area contributed by atoms with Crippen molar-refractivity contribution >= 4 is 23.6 Å². The number of hydrogen-bond donors (Lipinski definition) is 2. The van der Waals surface area contributed by atoms with E-state index in [1.54, 1.807) is 42.5 Å². The highest BCUT2D eigenvalue weighted by Gasteiger charge is 2.08. The summed E-state index contributed by atoms with van der Waals surface area (Å²) < 4.78 is 42.3. The summed E-state index contributed by atoms with van der Waals surface area (Å²) in [5.74, 6) is -1.29. The second-order valence-corrected chi connectivity index (χ2v) is 6.63. The zero-order valence-electron chi connectivity index (χ0n) is 16.7. The van der Waals surface area contributed by atoms with Crippen LogP contribution in [-0.4, -0.2) is 18.4 Å². The van der Waals surface area contributed by atoms with Crippen molar-refractivity contribution in [2.45, 2.75) is 13.2 Å². The van der Waals surface area contributed by atoms with Gasteiger partial charge in [0.1, 0.15) is 11.6 Å². The van der Waals surface area contributed by atoms with Crippen LogP contribution < -0.4 is 15.4 Å². The number of ether oxygens (including phenoxy) is 1. The largest absolute Gasteiger partial charge is 0.434 e. The highest BCUT2D eigenvalue weighted by Crippen LogP contribution is 2.21. The molecular formula is C24H19F3N2O3. The molecule has 0 aliphatic heterocycles. The van der Waals surface area contributed by atoms with Gasteiger partial charge in [-0.2, -0.15) is 8.78 Å². The third kappa shape index (κ3) is 6.73. The summed E-state index contributed by atoms with van der Waals surface area (Å²) in [5.41, 5.74) is 1.89. The van der Waals surface area contributed by atoms with E-state index in [0.717, 1.165) is 5.56 Å². The lowest BCUT2D eigenvalue weighted by molar-refractivity contribution is -0.116. The fourth-order valence-corrected chi connectivity index (χ4v) is 2.80. The Bertz CT molecular complexity index is 1120. The lowest BCUT2D eigenvalue weighted by Crippen LogP contribution is -2.20. The molecule has 0 atom stereocenters. The van der Waals surface area contributed by atoms with Gasteiger partial charge in [0, 0.05) is 29.4 Å². The standard InChI is InChI=1S/C24H19F3N2O3/c25-19-11-8-18(9-12-19)23(31)29-20-6-3-4-16(14-20)15-28-22(30)13-10-17-5-1-2-7-21(17)32-24(26)27/h1-14,24H,15H2,(H,28,30)(H,29,31)/b13-10+. The van der Waals surface area contributed by atoms with Crippen molar-refractivity contribution in [3.8, 4) is 5.75 Å². The van der Waals surface area contributed by atoms with Gasteiger partial charge in [-0.3, -0.25) is 9.59 Å². The van der Waals surface area contributed by atoms with Crippen molar-refractivity contribution in [2.24, 2.45) is 0 Å². The molecule has 3 aromatic carbocycles. The first-order valence-corrected chi connectivity index (χ1v) is 9.56. The average Bonchev–Trinajstić information content (AvgIpc) is 2.77. The Hall–Kier alpha value is -4.07. The van der Waals surface area contributed by atoms with Crippen LogP contribution in [0.25, 0.3) is 6.08 Å². The number of hydrogen-bond acceptors (Lipinski definition) is 3. The van der Waals surface area contributed by atoms with Crippen LogP contribution in [0.1, 0.15) is 21.5 Å². The molecule has 0 fully saturated rings. The number of carbonyl (C=O) groups excluding carboxylic acids is 2. The Balaban J connectivity index is 1.57. The van der Waals surface area contributed by atoms with Gasteiger partial charge in [0.15, 0.2) is 0 Å². The molecule has 0 saturated heterocycles. The Morgan fingerprint density at radius 1 is 0.969 bits per heavy atom. The minimum atomic E-state index is -2.96. The van der Waals surface area contributed by atoms with Crippen molar-refractivity contribution < 1.29 is 27.5 Å². The van der Waals surface area contributed by atoms with E-state index < -0.39 is 18.3 Å². The van der Waals surface area contributed by atoms with E-state index in [2.05, 4.69) is 15.4 Å². The number of halogens is 3. The molecule has 0 spiro atoms. The van der Waals surface area contributed by atoms with Crippen LogP contribution in [0, 0.1) is 5.82 Å². The number of anilines is 1. The van der Waals surface area contributed by atoms with Gasteiger partial charge in [0.25, 0.3) is 5.91 Å². The molecule has 32 heavy (non-hydrogen) atoms. The molecule has 0 saturated carbocycles. The highest BCUT2D eigenvalue weighted by atomic mass is 19.3. The minimum absolute atomic E-state index is 0.0313. The van der Waals surface area contributed by atoms with Crippen LogP contribution in [0.3, 0.4) is 0 Å². The molecule has 0 radical (unpaired) electrons. The van der Waals surface area contributed by atoms with Crippen LogP contribution in [-0.2, 0) is 11.3 Å². The Kier molecular flexibility index (Phi) is 7.64. The highest BCUT2D eigenvalue weighted by molar-refractivity contribution is 6.04. The number of rotatable bonds is 8. The molecule has 0 unspecified atom stereocenters. The molecule has 2 amide bonds. The molecule has 0 aliphatic carbocycles. The minimum Gasteiger partial charge on any atom is -0.434 e. The van der Waals surface area contributed by atoms with Crippen molar-refractivity contribution in [3.05, 3.63) is 101 Å². The van der Waals surface area contributed by atoms with Gasteiger partial charge in [0.2, 0.25) is 5.91 Å². The van der Waals surface area contributed by atoms with Gasteiger partial charge >= 0.3 is 6.61 Å². The predicted octanol–water partition coefficient (Wildman–Crippen LogP) is 5.01. The van der Waals surface area contributed by atoms with E-state index in [1.807, 2.05) is 0 Å². The summed E-state index contributed by atoms with van der Waals surface area (Å²) in [5, 5.41) is 5.39. The Morgan fingerprint density at radius 2 is 1.72 bits per heavy atom. The summed E-state index contributed by atoms with van der Waals surface area (Å²) in [7, 11) is 0. The van der Waals surface area contributed by atoms with Crippen LogP contribution in [0.5, 0.6) is 5.75 Å². The van der Waals surface area contributed by atoms with E-state index in [9.17, 15) is 22.8 Å². The van der Waals surface area contributed by atoms with E-state index in [0.29, 0.717) is 16.8 Å². The van der Waals surface area contributed by atoms with E-state index in [4.69, 9.17) is 0 Å². The fraction of sp³-hybridized carbons (Fsp3) is 0.0833. The zero-order valence-corrected chi connectivity index (χ0v) is 16.7. The summed E-state index contributed by atoms with van der Waals surface area (Å²) in [4.78, 5) is 24.4. The smallest absolute Gasteiger partial charge is 0.387 e. The van der Waals surface area contributed by atoms with Gasteiger partial charge in [0.05, 0.1) is 0 Å². The molecule has 3 aromatic rings. The summed E-state index contributed by atoms with van der Waals surface area (Å²) >= 11 is 0.